The van der Waals surface area contributed by atoms with Crippen LogP contribution >= 0.6 is 0 Å². The number of nitrogens with one attached hydrogen (secondary N) is 1. The van der Waals surface area contributed by atoms with Crippen LogP contribution in [0.2, 0.25) is 0 Å². The molecule has 3 heterocycles. The molecule has 0 saturated carbocycles. The van der Waals surface area contributed by atoms with Gasteiger partial charge in [0.2, 0.25) is 10.0 Å². The lowest BCUT2D eigenvalue weighted by molar-refractivity contribution is 0.308. The fraction of sp³-hybridized carbons (Fsp3) is 0.636. The third-order valence-corrected chi connectivity index (χ3v) is 5.79. The molecule has 10 heteroatoms. The van der Waals surface area contributed by atoms with E-state index in [0.29, 0.717) is 30.4 Å². The fourth-order valence-electron chi connectivity index (χ4n) is 2.69. The Hall–Kier alpha value is -1.81. The topological polar surface area (TPSA) is 118 Å². The summed E-state index contributed by atoms with van der Waals surface area (Å²) in [5.41, 5.74) is 0.384. The van der Waals surface area contributed by atoms with Gasteiger partial charge < -0.3 is 4.52 Å². The number of hydrogen-bond donors (Lipinski definition) is 1. The molecule has 3 rings (SSSR count). The van der Waals surface area contributed by atoms with Crippen molar-refractivity contribution in [1.82, 2.24) is 30.1 Å². The summed E-state index contributed by atoms with van der Waals surface area (Å²) in [6, 6.07) is 0. The molecular formula is C11H16N6O3S. The van der Waals surface area contributed by atoms with E-state index in [2.05, 4.69) is 25.8 Å². The van der Waals surface area contributed by atoms with Gasteiger partial charge in [-0.15, -0.1) is 10.2 Å². The Balaban J connectivity index is 1.89. The smallest absolute Gasteiger partial charge is 0.248 e. The molecule has 0 bridgehead atoms. The van der Waals surface area contributed by atoms with Crippen LogP contribution in [0.3, 0.4) is 0 Å². The lowest BCUT2D eigenvalue weighted by atomic mass is 9.99. The predicted molar refractivity (Wildman–Crippen MR) is 70.9 cm³/mol. The van der Waals surface area contributed by atoms with Gasteiger partial charge in [-0.25, -0.2) is 8.42 Å². The van der Waals surface area contributed by atoms with Crippen molar-refractivity contribution in [1.29, 1.82) is 0 Å². The van der Waals surface area contributed by atoms with Crippen LogP contribution in [0.5, 0.6) is 0 Å². The normalized spacial score (nSPS) is 20.8. The lowest BCUT2D eigenvalue weighted by Crippen LogP contribution is -2.39. The van der Waals surface area contributed by atoms with E-state index in [1.165, 1.54) is 4.31 Å². The Labute approximate surface area is 121 Å². The molecule has 21 heavy (non-hydrogen) atoms. The van der Waals surface area contributed by atoms with Crippen LogP contribution in [-0.4, -0.2) is 51.6 Å². The van der Waals surface area contributed by atoms with Crippen LogP contribution in [-0.2, 0) is 10.0 Å². The second-order valence-electron chi connectivity index (χ2n) is 5.13. The van der Waals surface area contributed by atoms with Crippen LogP contribution in [0, 0.1) is 13.8 Å². The van der Waals surface area contributed by atoms with E-state index >= 15 is 0 Å². The lowest BCUT2D eigenvalue weighted by Gasteiger charge is -2.30. The molecule has 1 unspecified atom stereocenters. The van der Waals surface area contributed by atoms with Crippen LogP contribution in [0.1, 0.15) is 36.0 Å². The highest BCUT2D eigenvalue weighted by Gasteiger charge is 2.35. The number of sulfonamides is 1. The maximum atomic E-state index is 12.8. The predicted octanol–water partition coefficient (Wildman–Crippen LogP) is 0.373. The molecule has 9 nitrogen and oxygen atoms in total. The first-order valence-corrected chi connectivity index (χ1v) is 8.10. The van der Waals surface area contributed by atoms with E-state index in [1.807, 2.05) is 0 Å². The minimum absolute atomic E-state index is 0.0484. The molecule has 114 valence electrons. The largest absolute Gasteiger partial charge is 0.360 e. The summed E-state index contributed by atoms with van der Waals surface area (Å²) in [5, 5.41) is 17.6. The molecule has 0 amide bonds. The van der Waals surface area contributed by atoms with Crippen molar-refractivity contribution in [2.24, 2.45) is 0 Å². The van der Waals surface area contributed by atoms with Crippen molar-refractivity contribution >= 4 is 10.0 Å². The molecule has 0 aliphatic carbocycles. The zero-order valence-corrected chi connectivity index (χ0v) is 12.6. The van der Waals surface area contributed by atoms with E-state index in [1.54, 1.807) is 13.8 Å². The van der Waals surface area contributed by atoms with E-state index < -0.39 is 10.0 Å². The average molecular weight is 312 g/mol. The zero-order valence-electron chi connectivity index (χ0n) is 11.8. The van der Waals surface area contributed by atoms with Gasteiger partial charge in [-0.1, -0.05) is 10.4 Å². The minimum Gasteiger partial charge on any atom is -0.360 e. The summed E-state index contributed by atoms with van der Waals surface area (Å²) >= 11 is 0. The molecule has 1 aliphatic heterocycles. The second-order valence-corrected chi connectivity index (χ2v) is 7.00. The number of hydrogen-bond acceptors (Lipinski definition) is 7. The standard InChI is InChI=1S/C11H16N6O3S/c1-7-10(8(2)20-14-7)21(18,19)17-5-3-4-9(6-17)11-12-15-16-13-11/h9H,3-6H2,1-2H3,(H,12,13,15,16). The van der Waals surface area contributed by atoms with Crippen molar-refractivity contribution in [2.45, 2.75) is 37.5 Å². The number of tetrazole rings is 1. The minimum atomic E-state index is -3.61. The summed E-state index contributed by atoms with van der Waals surface area (Å²) in [6.07, 6.45) is 1.59. The highest BCUT2D eigenvalue weighted by atomic mass is 32.2. The Morgan fingerprint density at radius 3 is 2.81 bits per heavy atom. The summed E-state index contributed by atoms with van der Waals surface area (Å²) in [6.45, 7) is 4.05. The third-order valence-electron chi connectivity index (χ3n) is 3.68. The van der Waals surface area contributed by atoms with Crippen LogP contribution in [0.4, 0.5) is 0 Å². The molecule has 1 N–H and O–H groups in total. The van der Waals surface area contributed by atoms with Crippen LogP contribution in [0.15, 0.2) is 9.42 Å². The Kier molecular flexibility index (Phi) is 3.49. The maximum absolute atomic E-state index is 12.8. The molecule has 1 aliphatic rings. The quantitative estimate of drug-likeness (QED) is 0.870. The summed E-state index contributed by atoms with van der Waals surface area (Å²) in [4.78, 5) is 0.163. The molecule has 0 aromatic carbocycles. The molecule has 1 fully saturated rings. The summed E-state index contributed by atoms with van der Waals surface area (Å²) in [5.74, 6) is 0.815. The monoisotopic (exact) mass is 312 g/mol. The number of aromatic amines is 1. The Bertz CT molecular complexity index is 704. The van der Waals surface area contributed by atoms with Crippen molar-refractivity contribution < 1.29 is 12.9 Å². The van der Waals surface area contributed by atoms with Crippen LogP contribution < -0.4 is 0 Å². The summed E-state index contributed by atoms with van der Waals surface area (Å²) in [7, 11) is -3.61. The molecule has 0 spiro atoms. The van der Waals surface area contributed by atoms with Gasteiger partial charge in [0.25, 0.3) is 0 Å². The molecule has 2 aromatic heterocycles. The first-order valence-electron chi connectivity index (χ1n) is 6.66. The number of rotatable bonds is 3. The molecule has 2 aromatic rings. The zero-order chi connectivity index (χ0) is 15.0. The van der Waals surface area contributed by atoms with Gasteiger partial charge in [0.05, 0.1) is 0 Å². The van der Waals surface area contributed by atoms with Gasteiger partial charge in [0.1, 0.15) is 10.6 Å². The fourth-order valence-corrected chi connectivity index (χ4v) is 4.50. The molecular weight excluding hydrogens is 296 g/mol. The van der Waals surface area contributed by atoms with E-state index in [0.717, 1.165) is 12.8 Å². The van der Waals surface area contributed by atoms with Gasteiger partial charge >= 0.3 is 0 Å². The number of H-pyrrole nitrogens is 1. The van der Waals surface area contributed by atoms with Crippen molar-refractivity contribution in [3.63, 3.8) is 0 Å². The SMILES string of the molecule is Cc1noc(C)c1S(=O)(=O)N1CCCC(c2nn[nH]n2)C1. The van der Waals surface area contributed by atoms with Gasteiger partial charge in [-0.05, 0) is 26.7 Å². The Morgan fingerprint density at radius 1 is 1.38 bits per heavy atom. The number of aromatic nitrogens is 5. The highest BCUT2D eigenvalue weighted by molar-refractivity contribution is 7.89. The van der Waals surface area contributed by atoms with Crippen LogP contribution in [0.25, 0.3) is 0 Å². The highest BCUT2D eigenvalue weighted by Crippen LogP contribution is 2.30. The Morgan fingerprint density at radius 2 is 2.19 bits per heavy atom. The van der Waals surface area contributed by atoms with Crippen molar-refractivity contribution in [3.05, 3.63) is 17.3 Å². The van der Waals surface area contributed by atoms with Gasteiger partial charge in [-0.3, -0.25) is 0 Å². The average Bonchev–Trinajstić information content (AvgIpc) is 3.09. The first-order chi connectivity index (χ1) is 10.00. The van der Waals surface area contributed by atoms with Gasteiger partial charge in [0, 0.05) is 19.0 Å². The molecule has 1 saturated heterocycles. The number of nitrogens with zero attached hydrogens (tertiary/aromatic N) is 5. The van der Waals surface area contributed by atoms with Gasteiger partial charge in [-0.2, -0.15) is 9.52 Å². The summed E-state index contributed by atoms with van der Waals surface area (Å²) < 4.78 is 32.0. The van der Waals surface area contributed by atoms with E-state index in [9.17, 15) is 8.42 Å². The third kappa shape index (κ3) is 2.44. The van der Waals surface area contributed by atoms with Gasteiger partial charge in [0.15, 0.2) is 11.6 Å². The second kappa shape index (κ2) is 5.19. The number of aryl methyl sites for hydroxylation is 2. The van der Waals surface area contributed by atoms with E-state index in [4.69, 9.17) is 4.52 Å². The maximum Gasteiger partial charge on any atom is 0.248 e. The number of piperidine rings is 1. The van der Waals surface area contributed by atoms with Crippen molar-refractivity contribution in [3.8, 4) is 0 Å². The molecule has 1 atom stereocenters. The van der Waals surface area contributed by atoms with E-state index in [-0.39, 0.29) is 10.8 Å². The molecule has 0 radical (unpaired) electrons. The first kappa shape index (κ1) is 14.1. The van der Waals surface area contributed by atoms with Crippen molar-refractivity contribution in [2.75, 3.05) is 13.1 Å².